The van der Waals surface area contributed by atoms with E-state index in [1.54, 1.807) is 0 Å². The Morgan fingerprint density at radius 3 is 1.23 bits per heavy atom. The number of hydrogen-bond acceptors (Lipinski definition) is 2. The van der Waals surface area contributed by atoms with E-state index in [1.807, 2.05) is 60.7 Å². The van der Waals surface area contributed by atoms with Gasteiger partial charge < -0.3 is 0 Å². The first-order valence-electron chi connectivity index (χ1n) is 11.9. The van der Waals surface area contributed by atoms with Crippen LogP contribution in [-0.4, -0.2) is 11.6 Å². The van der Waals surface area contributed by atoms with Crippen molar-refractivity contribution in [3.05, 3.63) is 71.8 Å². The van der Waals surface area contributed by atoms with Crippen LogP contribution in [0.25, 0.3) is 0 Å². The van der Waals surface area contributed by atoms with Crippen LogP contribution >= 0.6 is 0 Å². The Kier molecular flexibility index (Phi) is 3.58. The first-order valence-corrected chi connectivity index (χ1v) is 11.9. The summed E-state index contributed by atoms with van der Waals surface area (Å²) in [7, 11) is 0. The Hall–Kier alpha value is -2.22. The zero-order valence-corrected chi connectivity index (χ0v) is 17.2. The molecule has 0 spiro atoms. The predicted molar refractivity (Wildman–Crippen MR) is 115 cm³/mol. The molecule has 0 N–H and O–H groups in total. The average Bonchev–Trinajstić information content (AvgIpc) is 3.41. The van der Waals surface area contributed by atoms with Crippen molar-refractivity contribution in [1.82, 2.24) is 0 Å². The number of Topliss-reactive ketones (excluding diaryl/α,β-unsaturated/α-hetero) is 2. The third-order valence-corrected chi connectivity index (χ3v) is 10.1. The summed E-state index contributed by atoms with van der Waals surface area (Å²) >= 11 is 0. The van der Waals surface area contributed by atoms with Gasteiger partial charge in [-0.25, -0.2) is 0 Å². The molecule has 7 rings (SSSR count). The molecule has 10 atom stereocenters. The van der Waals surface area contributed by atoms with Crippen molar-refractivity contribution in [2.24, 2.45) is 59.2 Å². The Labute approximate surface area is 178 Å². The van der Waals surface area contributed by atoms with Gasteiger partial charge in [0.25, 0.3) is 0 Å². The molecule has 5 aliphatic rings. The summed E-state index contributed by atoms with van der Waals surface area (Å²) in [6.45, 7) is 0. The fraction of sp³-hybridized carbons (Fsp3) is 0.500. The molecule has 0 amide bonds. The quantitative estimate of drug-likeness (QED) is 0.601. The van der Waals surface area contributed by atoms with E-state index in [1.165, 1.54) is 12.8 Å². The van der Waals surface area contributed by atoms with Crippen LogP contribution < -0.4 is 0 Å². The van der Waals surface area contributed by atoms with Crippen LogP contribution in [0.1, 0.15) is 46.4 Å². The summed E-state index contributed by atoms with van der Waals surface area (Å²) in [5, 5.41) is 0. The number of benzene rings is 2. The summed E-state index contributed by atoms with van der Waals surface area (Å²) in [6.07, 6.45) is 4.07. The van der Waals surface area contributed by atoms with Gasteiger partial charge >= 0.3 is 0 Å². The van der Waals surface area contributed by atoms with Gasteiger partial charge in [0.15, 0.2) is 11.6 Å². The zero-order chi connectivity index (χ0) is 20.0. The zero-order valence-electron chi connectivity index (χ0n) is 17.2. The lowest BCUT2D eigenvalue weighted by molar-refractivity contribution is 0.0202. The lowest BCUT2D eigenvalue weighted by Crippen LogP contribution is -2.41. The maximum Gasteiger partial charge on any atom is 0.163 e. The number of ketones is 2. The summed E-state index contributed by atoms with van der Waals surface area (Å²) in [5.74, 6) is 8.37. The van der Waals surface area contributed by atoms with Crippen LogP contribution in [0.4, 0.5) is 0 Å². The Bertz CT molecular complexity index is 892. The number of rotatable bonds is 6. The van der Waals surface area contributed by atoms with Gasteiger partial charge in [-0.3, -0.25) is 9.59 Å². The van der Waals surface area contributed by atoms with E-state index in [4.69, 9.17) is 0 Å². The van der Waals surface area contributed by atoms with Crippen LogP contribution in [0.15, 0.2) is 60.7 Å². The minimum absolute atomic E-state index is 0.346. The summed E-state index contributed by atoms with van der Waals surface area (Å²) in [6, 6.07) is 19.8. The molecular weight excluding hydrogens is 368 g/mol. The smallest absolute Gasteiger partial charge is 0.163 e. The van der Waals surface area contributed by atoms with Crippen LogP contribution in [0, 0.1) is 59.2 Å². The largest absolute Gasteiger partial charge is 0.294 e. The molecule has 2 aromatic rings. The molecule has 2 heteroatoms. The molecule has 0 aliphatic heterocycles. The van der Waals surface area contributed by atoms with Crippen LogP contribution in [0.3, 0.4) is 0 Å². The van der Waals surface area contributed by atoms with Gasteiger partial charge in [-0.2, -0.15) is 0 Å². The highest BCUT2D eigenvalue weighted by molar-refractivity contribution is 5.96. The Morgan fingerprint density at radius 2 is 0.900 bits per heavy atom. The van der Waals surface area contributed by atoms with E-state index in [-0.39, 0.29) is 0 Å². The molecule has 0 saturated heterocycles. The molecule has 5 saturated carbocycles. The van der Waals surface area contributed by atoms with E-state index in [2.05, 4.69) is 0 Å². The first-order chi connectivity index (χ1) is 14.7. The van der Waals surface area contributed by atoms with Crippen molar-refractivity contribution >= 4 is 11.6 Å². The summed E-state index contributed by atoms with van der Waals surface area (Å²) in [4.78, 5) is 26.0. The van der Waals surface area contributed by atoms with Gasteiger partial charge in [-0.1, -0.05) is 60.7 Å². The molecule has 2 nitrogen and oxygen atoms in total. The van der Waals surface area contributed by atoms with Crippen molar-refractivity contribution < 1.29 is 9.59 Å². The van der Waals surface area contributed by atoms with Crippen molar-refractivity contribution in [1.29, 1.82) is 0 Å². The lowest BCUT2D eigenvalue weighted by atomic mass is 9.60. The minimum atomic E-state index is 0.346. The lowest BCUT2D eigenvalue weighted by Gasteiger charge is -2.44. The van der Waals surface area contributed by atoms with Gasteiger partial charge in [-0.05, 0) is 72.0 Å². The highest BCUT2D eigenvalue weighted by Gasteiger charge is 2.78. The molecular formula is C28H28O2. The predicted octanol–water partition coefficient (Wildman–Crippen LogP) is 5.54. The van der Waals surface area contributed by atoms with E-state index in [0.29, 0.717) is 23.4 Å². The van der Waals surface area contributed by atoms with Crippen molar-refractivity contribution in [2.75, 3.05) is 0 Å². The van der Waals surface area contributed by atoms with Crippen molar-refractivity contribution in [3.8, 4) is 0 Å². The third kappa shape index (κ3) is 2.15. The third-order valence-electron chi connectivity index (χ3n) is 10.1. The number of carbonyl (C=O) groups is 2. The second-order valence-electron chi connectivity index (χ2n) is 10.8. The first kappa shape index (κ1) is 17.5. The molecule has 2 aromatic carbocycles. The summed E-state index contributed by atoms with van der Waals surface area (Å²) < 4.78 is 0. The molecule has 5 fully saturated rings. The molecule has 0 radical (unpaired) electrons. The molecule has 0 bridgehead atoms. The van der Waals surface area contributed by atoms with Crippen molar-refractivity contribution in [3.63, 3.8) is 0 Å². The Balaban J connectivity index is 1.13. The minimum Gasteiger partial charge on any atom is -0.294 e. The van der Waals surface area contributed by atoms with E-state index < -0.39 is 0 Å². The van der Waals surface area contributed by atoms with Crippen molar-refractivity contribution in [2.45, 2.75) is 25.7 Å². The SMILES string of the molecule is O=C(CC1[C@@H]2C[C@H]3C4C2C2C4[C@H](C[C@@H]21)C3CC(=O)c1ccccc1)c1ccccc1. The van der Waals surface area contributed by atoms with Gasteiger partial charge in [0, 0.05) is 24.0 Å². The maximum absolute atomic E-state index is 13.0. The monoisotopic (exact) mass is 396 g/mol. The number of carbonyl (C=O) groups excluding carboxylic acids is 2. The fourth-order valence-electron chi connectivity index (χ4n) is 9.41. The normalized spacial score (nSPS) is 43.6. The molecule has 0 heterocycles. The topological polar surface area (TPSA) is 34.1 Å². The molecule has 0 aromatic heterocycles. The van der Waals surface area contributed by atoms with Crippen LogP contribution in [0.5, 0.6) is 0 Å². The highest BCUT2D eigenvalue weighted by Crippen LogP contribution is 2.83. The van der Waals surface area contributed by atoms with Gasteiger partial charge in [-0.15, -0.1) is 0 Å². The Morgan fingerprint density at radius 1 is 0.567 bits per heavy atom. The van der Waals surface area contributed by atoms with E-state index in [0.717, 1.165) is 71.3 Å². The van der Waals surface area contributed by atoms with Gasteiger partial charge in [0.05, 0.1) is 0 Å². The maximum atomic E-state index is 13.0. The second kappa shape index (κ2) is 6.15. The van der Waals surface area contributed by atoms with Gasteiger partial charge in [0.2, 0.25) is 0 Å². The van der Waals surface area contributed by atoms with E-state index >= 15 is 0 Å². The van der Waals surface area contributed by atoms with E-state index in [9.17, 15) is 9.59 Å². The van der Waals surface area contributed by atoms with Crippen LogP contribution in [-0.2, 0) is 0 Å². The molecule has 5 aliphatic carbocycles. The summed E-state index contributed by atoms with van der Waals surface area (Å²) in [5.41, 5.74) is 1.77. The molecule has 6 unspecified atom stereocenters. The van der Waals surface area contributed by atoms with Gasteiger partial charge in [0.1, 0.15) is 0 Å². The fourth-order valence-corrected chi connectivity index (χ4v) is 9.41. The standard InChI is InChI=1S/C28H28O2/c29-23(15-7-3-1-4-8-15)13-17-19-11-21-18(14-24(30)16-9-5-2-6-10-16)22-12-20(17)26-25(19)27(21)28(22)26/h1-10,17-22,25-28H,11-14H2/t17?,18?,19-,20-,21-,22+,25?,26?,27?,28?/m1/s1. The molecule has 30 heavy (non-hydrogen) atoms. The highest BCUT2D eigenvalue weighted by atomic mass is 16.1. The second-order valence-corrected chi connectivity index (χ2v) is 10.8. The number of hydrogen-bond donors (Lipinski definition) is 0. The van der Waals surface area contributed by atoms with Crippen LogP contribution in [0.2, 0.25) is 0 Å². The molecule has 152 valence electrons. The average molecular weight is 397 g/mol.